The molecule has 0 bridgehead atoms. The number of hydrogen-bond acceptors (Lipinski definition) is 7. The number of anilines is 2. The Labute approximate surface area is 205 Å². The Kier molecular flexibility index (Phi) is 8.78. The molecule has 0 saturated carbocycles. The van der Waals surface area contributed by atoms with Crippen molar-refractivity contribution in [1.82, 2.24) is 10.6 Å². The van der Waals surface area contributed by atoms with E-state index in [0.29, 0.717) is 4.34 Å². The van der Waals surface area contributed by atoms with Crippen LogP contribution < -0.4 is 25.6 Å². The van der Waals surface area contributed by atoms with Gasteiger partial charge in [0.25, 0.3) is 11.8 Å². The molecule has 188 valence electrons. The molecule has 3 rings (SSSR count). The second-order valence-corrected chi connectivity index (χ2v) is 8.68. The maximum Gasteiger partial charge on any atom is 0.405 e. The molecular weight excluding hydrogens is 514 g/mol. The zero-order valence-corrected chi connectivity index (χ0v) is 19.3. The lowest BCUT2D eigenvalue weighted by atomic mass is 10.2. The first-order chi connectivity index (χ1) is 16.6. The van der Waals surface area contributed by atoms with E-state index in [0.717, 1.165) is 17.4 Å². The summed E-state index contributed by atoms with van der Waals surface area (Å²) >= 11 is 6.77. The number of alkyl halides is 2. The van der Waals surface area contributed by atoms with Gasteiger partial charge in [-0.15, -0.1) is 11.3 Å². The van der Waals surface area contributed by atoms with Gasteiger partial charge in [-0.1, -0.05) is 11.6 Å². The highest BCUT2D eigenvalue weighted by Crippen LogP contribution is 2.32. The van der Waals surface area contributed by atoms with Crippen molar-refractivity contribution in [2.45, 2.75) is 12.7 Å². The Morgan fingerprint density at radius 3 is 2.66 bits per heavy atom. The lowest BCUT2D eigenvalue weighted by Crippen LogP contribution is -2.50. The SMILES string of the molecule is O=C(O)N[C@@H](CNC(=O)c1ccc(Cl)s1)C(=O)Nc1ccc(N2CCOCC2=O)cc1OC(F)F. The van der Waals surface area contributed by atoms with E-state index in [1.54, 1.807) is 0 Å². The molecule has 1 aliphatic heterocycles. The molecule has 11 nitrogen and oxygen atoms in total. The van der Waals surface area contributed by atoms with Crippen LogP contribution in [0.4, 0.5) is 25.0 Å². The van der Waals surface area contributed by atoms with Crippen LogP contribution in [-0.2, 0) is 14.3 Å². The molecule has 1 fully saturated rings. The highest BCUT2D eigenvalue weighted by atomic mass is 35.5. The van der Waals surface area contributed by atoms with Gasteiger partial charge in [0.05, 0.1) is 21.5 Å². The topological polar surface area (TPSA) is 146 Å². The summed E-state index contributed by atoms with van der Waals surface area (Å²) in [4.78, 5) is 49.7. The Hall–Kier alpha value is -3.49. The zero-order valence-electron chi connectivity index (χ0n) is 17.8. The van der Waals surface area contributed by atoms with E-state index < -0.39 is 42.9 Å². The molecule has 1 atom stereocenters. The summed E-state index contributed by atoms with van der Waals surface area (Å²) in [7, 11) is 0. The number of nitrogens with one attached hydrogen (secondary N) is 3. The predicted octanol–water partition coefficient (Wildman–Crippen LogP) is 2.37. The number of benzene rings is 1. The number of carboxylic acid groups (broad SMARTS) is 1. The lowest BCUT2D eigenvalue weighted by molar-refractivity contribution is -0.125. The van der Waals surface area contributed by atoms with Gasteiger partial charge < -0.3 is 35.4 Å². The molecule has 1 aliphatic rings. The van der Waals surface area contributed by atoms with Crippen molar-refractivity contribution in [2.24, 2.45) is 0 Å². The van der Waals surface area contributed by atoms with E-state index in [4.69, 9.17) is 21.4 Å². The minimum absolute atomic E-state index is 0.171. The Morgan fingerprint density at radius 1 is 1.26 bits per heavy atom. The Balaban J connectivity index is 1.76. The van der Waals surface area contributed by atoms with Crippen molar-refractivity contribution in [3.8, 4) is 5.75 Å². The van der Waals surface area contributed by atoms with Crippen molar-refractivity contribution in [3.63, 3.8) is 0 Å². The Bertz CT molecular complexity index is 1120. The molecule has 15 heteroatoms. The number of hydrogen-bond donors (Lipinski definition) is 4. The van der Waals surface area contributed by atoms with Crippen molar-refractivity contribution >= 4 is 58.1 Å². The molecule has 2 aromatic rings. The lowest BCUT2D eigenvalue weighted by Gasteiger charge is -2.27. The molecule has 2 heterocycles. The van der Waals surface area contributed by atoms with E-state index in [9.17, 15) is 28.0 Å². The van der Waals surface area contributed by atoms with Gasteiger partial charge >= 0.3 is 12.7 Å². The van der Waals surface area contributed by atoms with Gasteiger partial charge in [0.2, 0.25) is 5.91 Å². The number of halogens is 3. The third-order valence-corrected chi connectivity index (χ3v) is 5.84. The van der Waals surface area contributed by atoms with Crippen molar-refractivity contribution in [1.29, 1.82) is 0 Å². The molecule has 0 radical (unpaired) electrons. The van der Waals surface area contributed by atoms with E-state index in [-0.39, 0.29) is 41.9 Å². The molecule has 35 heavy (non-hydrogen) atoms. The molecule has 4 N–H and O–H groups in total. The highest BCUT2D eigenvalue weighted by molar-refractivity contribution is 7.18. The van der Waals surface area contributed by atoms with Crippen molar-refractivity contribution < 1.29 is 42.5 Å². The van der Waals surface area contributed by atoms with Gasteiger partial charge in [-0.3, -0.25) is 14.4 Å². The second kappa shape index (κ2) is 11.8. The fourth-order valence-corrected chi connectivity index (χ4v) is 4.02. The molecule has 4 amide bonds. The first-order valence-corrected chi connectivity index (χ1v) is 11.1. The molecule has 0 aliphatic carbocycles. The standard InChI is InChI=1S/C20H19ClF2N4O7S/c21-15-4-3-14(35-15)18(30)24-8-12(26-20(31)32)17(29)25-11-2-1-10(7-13(11)34-19(22)23)27-5-6-33-9-16(27)28/h1-4,7,12,19,26H,5-6,8-9H2,(H,24,30)(H,25,29)(H,31,32)/t12-/m0/s1. The Morgan fingerprint density at radius 2 is 2.03 bits per heavy atom. The summed E-state index contributed by atoms with van der Waals surface area (Å²) in [5.41, 5.74) is 0.0438. The number of rotatable bonds is 9. The predicted molar refractivity (Wildman–Crippen MR) is 121 cm³/mol. The van der Waals surface area contributed by atoms with Crippen LogP contribution in [0.3, 0.4) is 0 Å². The summed E-state index contributed by atoms with van der Waals surface area (Å²) < 4.78 is 35.9. The van der Waals surface area contributed by atoms with Crippen LogP contribution in [0.25, 0.3) is 0 Å². The van der Waals surface area contributed by atoms with Gasteiger partial charge in [-0.05, 0) is 24.3 Å². The van der Waals surface area contributed by atoms with Crippen LogP contribution in [0, 0.1) is 0 Å². The van der Waals surface area contributed by atoms with Crippen LogP contribution in [0.5, 0.6) is 5.75 Å². The van der Waals surface area contributed by atoms with Gasteiger partial charge in [-0.2, -0.15) is 8.78 Å². The summed E-state index contributed by atoms with van der Waals surface area (Å²) in [6.07, 6.45) is -1.55. The molecule has 1 aromatic heterocycles. The van der Waals surface area contributed by atoms with Gasteiger partial charge in [0, 0.05) is 24.8 Å². The number of ether oxygens (including phenoxy) is 2. The van der Waals surface area contributed by atoms with E-state index in [1.165, 1.54) is 29.2 Å². The largest absolute Gasteiger partial charge is 0.465 e. The maximum atomic E-state index is 13.0. The first kappa shape index (κ1) is 26.1. The quantitative estimate of drug-likeness (QED) is 0.388. The van der Waals surface area contributed by atoms with Crippen LogP contribution in [0.2, 0.25) is 4.34 Å². The maximum absolute atomic E-state index is 13.0. The van der Waals surface area contributed by atoms with Gasteiger partial charge in [0.1, 0.15) is 12.6 Å². The first-order valence-electron chi connectivity index (χ1n) is 9.95. The van der Waals surface area contributed by atoms with Crippen LogP contribution in [0.1, 0.15) is 9.67 Å². The molecule has 1 saturated heterocycles. The van der Waals surface area contributed by atoms with Gasteiger partial charge in [0.15, 0.2) is 5.75 Å². The third-order valence-electron chi connectivity index (χ3n) is 4.61. The van der Waals surface area contributed by atoms with Crippen molar-refractivity contribution in [2.75, 3.05) is 36.5 Å². The highest BCUT2D eigenvalue weighted by Gasteiger charge is 2.26. The van der Waals surface area contributed by atoms with Crippen LogP contribution >= 0.6 is 22.9 Å². The minimum atomic E-state index is -3.24. The second-order valence-electron chi connectivity index (χ2n) is 6.96. The monoisotopic (exact) mass is 532 g/mol. The fourth-order valence-electron chi connectivity index (χ4n) is 3.06. The average molecular weight is 533 g/mol. The number of amides is 4. The van der Waals surface area contributed by atoms with Crippen molar-refractivity contribution in [3.05, 3.63) is 39.5 Å². The van der Waals surface area contributed by atoms with E-state index in [2.05, 4.69) is 15.4 Å². The molecule has 0 unspecified atom stereocenters. The summed E-state index contributed by atoms with van der Waals surface area (Å²) in [6, 6.07) is 5.26. The number of thiophene rings is 1. The minimum Gasteiger partial charge on any atom is -0.465 e. The normalized spacial score (nSPS) is 14.4. The molecule has 0 spiro atoms. The van der Waals surface area contributed by atoms with Crippen LogP contribution in [-0.4, -0.2) is 67.9 Å². The third kappa shape index (κ3) is 7.24. The van der Waals surface area contributed by atoms with Crippen LogP contribution in [0.15, 0.2) is 30.3 Å². The van der Waals surface area contributed by atoms with E-state index >= 15 is 0 Å². The average Bonchev–Trinajstić information content (AvgIpc) is 3.23. The molecule has 1 aromatic carbocycles. The number of morpholine rings is 1. The summed E-state index contributed by atoms with van der Waals surface area (Å²) in [5, 5.41) is 15.7. The number of carbonyl (C=O) groups excluding carboxylic acids is 3. The van der Waals surface area contributed by atoms with Gasteiger partial charge in [-0.25, -0.2) is 4.79 Å². The number of carbonyl (C=O) groups is 4. The number of nitrogens with zero attached hydrogens (tertiary/aromatic N) is 1. The zero-order chi connectivity index (χ0) is 25.5. The summed E-state index contributed by atoms with van der Waals surface area (Å²) in [5.74, 6) is -2.37. The molecular formula is C20H19ClF2N4O7S. The fraction of sp³-hybridized carbons (Fsp3) is 0.300. The smallest absolute Gasteiger partial charge is 0.405 e. The summed E-state index contributed by atoms with van der Waals surface area (Å²) in [6.45, 7) is -3.42. The van der Waals surface area contributed by atoms with E-state index in [1.807, 2.05) is 5.32 Å².